The molecule has 22 heavy (non-hydrogen) atoms. The maximum absolute atomic E-state index is 13.3. The molecule has 1 fully saturated rings. The molecule has 0 saturated carbocycles. The van der Waals surface area contributed by atoms with Crippen molar-refractivity contribution in [1.29, 1.82) is 0 Å². The van der Waals surface area contributed by atoms with E-state index in [0.717, 1.165) is 17.5 Å². The number of aliphatic hydroxyl groups excluding tert-OH is 1. The SMILES string of the molecule is Cc1cc(F)ccc1[C@H]1[C@H](CNC(C)CO)CCN1C(=O)O. The van der Waals surface area contributed by atoms with Crippen LogP contribution in [0.2, 0.25) is 0 Å². The summed E-state index contributed by atoms with van der Waals surface area (Å²) in [6.07, 6.45) is -0.203. The number of likely N-dealkylation sites (tertiary alicyclic amines) is 1. The zero-order valence-corrected chi connectivity index (χ0v) is 12.9. The molecule has 0 aromatic heterocycles. The smallest absolute Gasteiger partial charge is 0.407 e. The van der Waals surface area contributed by atoms with E-state index >= 15 is 0 Å². The molecule has 1 heterocycles. The molecule has 1 aliphatic heterocycles. The summed E-state index contributed by atoms with van der Waals surface area (Å²) in [5.41, 5.74) is 1.61. The Bertz CT molecular complexity index is 538. The van der Waals surface area contributed by atoms with Crippen molar-refractivity contribution in [3.05, 3.63) is 35.1 Å². The molecule has 0 radical (unpaired) electrons. The second-order valence-electron chi connectivity index (χ2n) is 5.96. The molecule has 6 heteroatoms. The van der Waals surface area contributed by atoms with E-state index in [1.165, 1.54) is 17.0 Å². The highest BCUT2D eigenvalue weighted by molar-refractivity contribution is 5.66. The fourth-order valence-corrected chi connectivity index (χ4v) is 3.09. The Morgan fingerprint density at radius 3 is 2.86 bits per heavy atom. The van der Waals surface area contributed by atoms with Gasteiger partial charge in [0.05, 0.1) is 12.6 Å². The second kappa shape index (κ2) is 7.07. The van der Waals surface area contributed by atoms with E-state index in [9.17, 15) is 14.3 Å². The quantitative estimate of drug-likeness (QED) is 0.779. The number of amides is 1. The average Bonchev–Trinajstić information content (AvgIpc) is 2.88. The Labute approximate surface area is 129 Å². The van der Waals surface area contributed by atoms with Crippen LogP contribution in [0.4, 0.5) is 9.18 Å². The molecule has 2 rings (SSSR count). The fourth-order valence-electron chi connectivity index (χ4n) is 3.09. The van der Waals surface area contributed by atoms with Gasteiger partial charge in [0, 0.05) is 19.1 Å². The Balaban J connectivity index is 2.24. The Kier molecular flexibility index (Phi) is 5.37. The highest BCUT2D eigenvalue weighted by atomic mass is 19.1. The number of halogens is 1. The van der Waals surface area contributed by atoms with Crippen LogP contribution in [-0.4, -0.2) is 46.9 Å². The van der Waals surface area contributed by atoms with Gasteiger partial charge < -0.3 is 20.4 Å². The van der Waals surface area contributed by atoms with Gasteiger partial charge in [-0.3, -0.25) is 0 Å². The minimum atomic E-state index is -0.952. The van der Waals surface area contributed by atoms with Crippen molar-refractivity contribution in [2.75, 3.05) is 19.7 Å². The first-order valence-corrected chi connectivity index (χ1v) is 7.54. The monoisotopic (exact) mass is 310 g/mol. The van der Waals surface area contributed by atoms with E-state index in [2.05, 4.69) is 5.32 Å². The lowest BCUT2D eigenvalue weighted by Gasteiger charge is -2.28. The summed E-state index contributed by atoms with van der Waals surface area (Å²) in [6.45, 7) is 4.80. The van der Waals surface area contributed by atoms with Crippen LogP contribution in [-0.2, 0) is 0 Å². The molecule has 1 unspecified atom stereocenters. The third kappa shape index (κ3) is 3.56. The van der Waals surface area contributed by atoms with E-state index in [1.807, 2.05) is 6.92 Å². The van der Waals surface area contributed by atoms with Gasteiger partial charge in [-0.15, -0.1) is 0 Å². The Hall–Kier alpha value is -1.66. The van der Waals surface area contributed by atoms with Crippen LogP contribution in [0.1, 0.15) is 30.5 Å². The van der Waals surface area contributed by atoms with Gasteiger partial charge in [-0.1, -0.05) is 6.07 Å². The van der Waals surface area contributed by atoms with Crippen molar-refractivity contribution < 1.29 is 19.4 Å². The zero-order chi connectivity index (χ0) is 16.3. The molecule has 0 bridgehead atoms. The van der Waals surface area contributed by atoms with Crippen LogP contribution >= 0.6 is 0 Å². The van der Waals surface area contributed by atoms with Crippen LogP contribution in [0.15, 0.2) is 18.2 Å². The highest BCUT2D eigenvalue weighted by Gasteiger charge is 2.38. The third-order valence-corrected chi connectivity index (χ3v) is 4.32. The lowest BCUT2D eigenvalue weighted by atomic mass is 9.90. The summed E-state index contributed by atoms with van der Waals surface area (Å²) < 4.78 is 13.3. The van der Waals surface area contributed by atoms with E-state index in [1.54, 1.807) is 13.0 Å². The molecule has 0 spiro atoms. The number of rotatable bonds is 5. The van der Waals surface area contributed by atoms with Gasteiger partial charge in [-0.2, -0.15) is 0 Å². The zero-order valence-electron chi connectivity index (χ0n) is 12.9. The number of benzene rings is 1. The minimum Gasteiger partial charge on any atom is -0.465 e. The third-order valence-electron chi connectivity index (χ3n) is 4.32. The van der Waals surface area contributed by atoms with Gasteiger partial charge in [0.1, 0.15) is 5.82 Å². The predicted octanol–water partition coefficient (Wildman–Crippen LogP) is 2.15. The van der Waals surface area contributed by atoms with Crippen LogP contribution in [0.25, 0.3) is 0 Å². The first-order chi connectivity index (χ1) is 10.4. The summed E-state index contributed by atoms with van der Waals surface area (Å²) in [6, 6.07) is 4.18. The number of hydrogen-bond donors (Lipinski definition) is 3. The van der Waals surface area contributed by atoms with E-state index < -0.39 is 6.09 Å². The van der Waals surface area contributed by atoms with Crippen molar-refractivity contribution in [2.24, 2.45) is 5.92 Å². The van der Waals surface area contributed by atoms with E-state index in [4.69, 9.17) is 5.11 Å². The van der Waals surface area contributed by atoms with E-state index in [0.29, 0.717) is 13.1 Å². The fraction of sp³-hybridized carbons (Fsp3) is 0.562. The minimum absolute atomic E-state index is 0.0335. The molecule has 3 N–H and O–H groups in total. The van der Waals surface area contributed by atoms with Gasteiger partial charge in [0.2, 0.25) is 0 Å². The van der Waals surface area contributed by atoms with E-state index in [-0.39, 0.29) is 30.4 Å². The summed E-state index contributed by atoms with van der Waals surface area (Å²) >= 11 is 0. The number of aryl methyl sites for hydroxylation is 1. The highest BCUT2D eigenvalue weighted by Crippen LogP contribution is 2.38. The molecule has 0 aliphatic carbocycles. The standard InChI is InChI=1S/C16H23FN2O3/c1-10-7-13(17)3-4-14(10)15-12(8-18-11(2)9-20)5-6-19(15)16(21)22/h3-4,7,11-12,15,18,20H,5-6,8-9H2,1-2H3,(H,21,22)/t11?,12-,15+/m0/s1. The van der Waals surface area contributed by atoms with Crippen molar-refractivity contribution in [3.8, 4) is 0 Å². The topological polar surface area (TPSA) is 72.8 Å². The summed E-state index contributed by atoms with van der Waals surface area (Å²) in [5.74, 6) is -0.209. The first-order valence-electron chi connectivity index (χ1n) is 7.54. The number of carbonyl (C=O) groups is 1. The van der Waals surface area contributed by atoms with Gasteiger partial charge in [0.15, 0.2) is 0 Å². The average molecular weight is 310 g/mol. The Morgan fingerprint density at radius 2 is 2.27 bits per heavy atom. The molecule has 3 atom stereocenters. The molecule has 1 aromatic rings. The maximum atomic E-state index is 13.3. The Morgan fingerprint density at radius 1 is 1.55 bits per heavy atom. The molecule has 1 amide bonds. The molecular formula is C16H23FN2O3. The summed E-state index contributed by atoms with van der Waals surface area (Å²) in [5, 5.41) is 21.7. The lowest BCUT2D eigenvalue weighted by molar-refractivity contribution is 0.133. The van der Waals surface area contributed by atoms with Crippen LogP contribution in [0.5, 0.6) is 0 Å². The number of carboxylic acid groups (broad SMARTS) is 1. The lowest BCUT2D eigenvalue weighted by Crippen LogP contribution is -2.37. The number of aliphatic hydroxyl groups is 1. The van der Waals surface area contributed by atoms with Gasteiger partial charge >= 0.3 is 6.09 Å². The number of nitrogens with one attached hydrogen (secondary N) is 1. The first kappa shape index (κ1) is 16.7. The van der Waals surface area contributed by atoms with Crippen LogP contribution < -0.4 is 5.32 Å². The maximum Gasteiger partial charge on any atom is 0.407 e. The van der Waals surface area contributed by atoms with Gasteiger partial charge in [-0.05, 0) is 49.4 Å². The number of hydrogen-bond acceptors (Lipinski definition) is 3. The van der Waals surface area contributed by atoms with Gasteiger partial charge in [-0.25, -0.2) is 9.18 Å². The summed E-state index contributed by atoms with van der Waals surface area (Å²) in [7, 11) is 0. The van der Waals surface area contributed by atoms with Crippen molar-refractivity contribution in [1.82, 2.24) is 10.2 Å². The van der Waals surface area contributed by atoms with Gasteiger partial charge in [0.25, 0.3) is 0 Å². The molecule has 122 valence electrons. The molecular weight excluding hydrogens is 287 g/mol. The predicted molar refractivity (Wildman–Crippen MR) is 81.3 cm³/mol. The molecule has 1 saturated heterocycles. The van der Waals surface area contributed by atoms with Crippen molar-refractivity contribution >= 4 is 6.09 Å². The largest absolute Gasteiger partial charge is 0.465 e. The molecule has 1 aromatic carbocycles. The van der Waals surface area contributed by atoms with Crippen LogP contribution in [0, 0.1) is 18.7 Å². The summed E-state index contributed by atoms with van der Waals surface area (Å²) in [4.78, 5) is 12.9. The van der Waals surface area contributed by atoms with Crippen molar-refractivity contribution in [2.45, 2.75) is 32.4 Å². The molecule has 5 nitrogen and oxygen atoms in total. The second-order valence-corrected chi connectivity index (χ2v) is 5.96. The van der Waals surface area contributed by atoms with Crippen LogP contribution in [0.3, 0.4) is 0 Å². The number of nitrogens with zero attached hydrogens (tertiary/aromatic N) is 1. The normalized spacial score (nSPS) is 22.8. The van der Waals surface area contributed by atoms with Crippen molar-refractivity contribution in [3.63, 3.8) is 0 Å². The molecule has 1 aliphatic rings.